The molecule has 2 fully saturated rings. The van der Waals surface area contributed by atoms with Crippen LogP contribution < -0.4 is 0 Å². The Morgan fingerprint density at radius 2 is 1.56 bits per heavy atom. The normalized spacial score (nSPS) is 32.4. The summed E-state index contributed by atoms with van der Waals surface area (Å²) >= 11 is 0. The van der Waals surface area contributed by atoms with Gasteiger partial charge >= 0.3 is 0 Å². The Morgan fingerprint density at radius 3 is 2.04 bits per heavy atom. The quantitative estimate of drug-likeness (QED) is 0.583. The fraction of sp³-hybridized carbons (Fsp3) is 0.640. The topological polar surface area (TPSA) is 37.3 Å². The van der Waals surface area contributed by atoms with Gasteiger partial charge in [0.1, 0.15) is 5.60 Å². The first kappa shape index (κ1) is 20.3. The van der Waals surface area contributed by atoms with E-state index in [-0.39, 0.29) is 11.2 Å². The van der Waals surface area contributed by atoms with Crippen molar-refractivity contribution in [1.82, 2.24) is 0 Å². The van der Waals surface area contributed by atoms with Crippen LogP contribution >= 0.6 is 0 Å². The lowest BCUT2D eigenvalue weighted by molar-refractivity contribution is -0.127. The van der Waals surface area contributed by atoms with Gasteiger partial charge in [0.05, 0.1) is 0 Å². The fourth-order valence-corrected chi connectivity index (χ4v) is 6.12. The molecule has 2 nitrogen and oxygen atoms in total. The molecule has 0 radical (unpaired) electrons. The number of Topliss-reactive ketones (excluding diaryl/α,β-unsaturated/α-hetero) is 1. The van der Waals surface area contributed by atoms with Crippen molar-refractivity contribution >= 4 is 11.9 Å². The molecule has 2 bridgehead atoms. The molecule has 0 aliphatic heterocycles. The summed E-state index contributed by atoms with van der Waals surface area (Å²) in [7, 11) is 0. The molecule has 148 valence electrons. The van der Waals surface area contributed by atoms with E-state index in [2.05, 4.69) is 34.6 Å². The van der Waals surface area contributed by atoms with Crippen molar-refractivity contribution in [2.75, 3.05) is 0 Å². The smallest absolute Gasteiger partial charge is 0.168 e. The Morgan fingerprint density at radius 1 is 1.00 bits per heavy atom. The van der Waals surface area contributed by atoms with Crippen molar-refractivity contribution in [2.24, 2.45) is 16.2 Å². The van der Waals surface area contributed by atoms with Gasteiger partial charge in [-0.2, -0.15) is 0 Å². The summed E-state index contributed by atoms with van der Waals surface area (Å²) in [6.45, 7) is 10.8. The van der Waals surface area contributed by atoms with Gasteiger partial charge in [0, 0.05) is 21.8 Å². The maximum Gasteiger partial charge on any atom is 0.168 e. The first-order valence-corrected chi connectivity index (χ1v) is 10.7. The number of unbranched alkanes of at least 4 members (excludes halogenated alkanes) is 2. The number of ketones is 1. The molecule has 0 amide bonds. The first-order valence-electron chi connectivity index (χ1n) is 10.7. The Balaban J connectivity index is 2.19. The molecule has 0 aromatic heterocycles. The lowest BCUT2D eigenvalue weighted by Crippen LogP contribution is -2.52. The summed E-state index contributed by atoms with van der Waals surface area (Å²) < 4.78 is 0. The predicted molar refractivity (Wildman–Crippen MR) is 112 cm³/mol. The van der Waals surface area contributed by atoms with Crippen LogP contribution in [0.2, 0.25) is 0 Å². The lowest BCUT2D eigenvalue weighted by Gasteiger charge is -2.48. The molecular weight excluding hydrogens is 332 g/mol. The highest BCUT2D eigenvalue weighted by molar-refractivity contribution is 6.10. The summed E-state index contributed by atoms with van der Waals surface area (Å²) in [5.74, 6) is 0.155. The van der Waals surface area contributed by atoms with E-state index in [1.54, 1.807) is 0 Å². The Hall–Kier alpha value is -1.41. The van der Waals surface area contributed by atoms with Gasteiger partial charge < -0.3 is 5.11 Å². The first-order chi connectivity index (χ1) is 12.7. The Labute approximate surface area is 165 Å². The van der Waals surface area contributed by atoms with Crippen molar-refractivity contribution < 1.29 is 9.90 Å². The molecular formula is C25H36O2. The minimum absolute atomic E-state index is 0.155. The standard InChI is InChI=1S/C25H36O2/c1-6-8-15-24(16-9-7-2)18-23(5)21(26)20(25(24,27)22(23,3)4)17-19-13-11-10-12-14-19/h10-14,17,27H,6-9,15-16,18H2,1-5H3. The van der Waals surface area contributed by atoms with Gasteiger partial charge in [-0.1, -0.05) is 90.6 Å². The van der Waals surface area contributed by atoms with Crippen LogP contribution in [0, 0.1) is 16.2 Å². The lowest BCUT2D eigenvalue weighted by atomic mass is 9.59. The van der Waals surface area contributed by atoms with Crippen molar-refractivity contribution in [1.29, 1.82) is 0 Å². The number of carbonyl (C=O) groups excluding carboxylic acids is 1. The largest absolute Gasteiger partial charge is 0.384 e. The number of hydrogen-bond donors (Lipinski definition) is 1. The predicted octanol–water partition coefficient (Wildman–Crippen LogP) is 6.19. The van der Waals surface area contributed by atoms with Crippen molar-refractivity contribution in [3.8, 4) is 0 Å². The SMILES string of the molecule is CCCCC1(CCCC)CC2(C)C(=O)C(=Cc3ccccc3)C1(O)C2(C)C. The molecule has 2 heteroatoms. The molecule has 0 spiro atoms. The van der Waals surface area contributed by atoms with Crippen LogP contribution in [-0.2, 0) is 4.79 Å². The van der Waals surface area contributed by atoms with Gasteiger partial charge in [-0.25, -0.2) is 0 Å². The monoisotopic (exact) mass is 368 g/mol. The number of rotatable bonds is 7. The maximum atomic E-state index is 13.5. The van der Waals surface area contributed by atoms with E-state index in [0.29, 0.717) is 5.57 Å². The third kappa shape index (κ3) is 2.59. The molecule has 2 unspecified atom stereocenters. The van der Waals surface area contributed by atoms with E-state index >= 15 is 0 Å². The number of fused-ring (bicyclic) bond motifs is 2. The van der Waals surface area contributed by atoms with E-state index in [0.717, 1.165) is 50.5 Å². The summed E-state index contributed by atoms with van der Waals surface area (Å²) in [4.78, 5) is 13.5. The second-order valence-corrected chi connectivity index (χ2v) is 9.63. The van der Waals surface area contributed by atoms with Crippen LogP contribution in [0.1, 0.15) is 85.1 Å². The van der Waals surface area contributed by atoms with E-state index in [4.69, 9.17) is 0 Å². The molecule has 1 aromatic carbocycles. The van der Waals surface area contributed by atoms with Gasteiger partial charge in [-0.05, 0) is 30.9 Å². The number of benzene rings is 1. The summed E-state index contributed by atoms with van der Waals surface area (Å²) in [5, 5.41) is 12.4. The third-order valence-electron chi connectivity index (χ3n) is 8.01. The molecule has 2 atom stereocenters. The summed E-state index contributed by atoms with van der Waals surface area (Å²) in [5.41, 5.74) is -0.568. The Bertz CT molecular complexity index is 722. The molecule has 27 heavy (non-hydrogen) atoms. The van der Waals surface area contributed by atoms with Crippen LogP contribution in [0.25, 0.3) is 6.08 Å². The van der Waals surface area contributed by atoms with Crippen molar-refractivity contribution in [2.45, 2.75) is 85.2 Å². The van der Waals surface area contributed by atoms with Gasteiger partial charge in [-0.15, -0.1) is 0 Å². The zero-order chi connectivity index (χ0) is 19.9. The van der Waals surface area contributed by atoms with E-state index < -0.39 is 16.4 Å². The number of aliphatic hydroxyl groups is 1. The van der Waals surface area contributed by atoms with Gasteiger partial charge in [-0.3, -0.25) is 4.79 Å². The second-order valence-electron chi connectivity index (χ2n) is 9.63. The van der Waals surface area contributed by atoms with Gasteiger partial charge in [0.25, 0.3) is 0 Å². The molecule has 1 N–H and O–H groups in total. The summed E-state index contributed by atoms with van der Waals surface area (Å²) in [6, 6.07) is 10.00. The average molecular weight is 369 g/mol. The zero-order valence-corrected chi connectivity index (χ0v) is 17.8. The molecule has 0 saturated heterocycles. The highest BCUT2D eigenvalue weighted by atomic mass is 16.3. The molecule has 1 aromatic rings. The highest BCUT2D eigenvalue weighted by Crippen LogP contribution is 2.76. The average Bonchev–Trinajstić information content (AvgIpc) is 2.85. The van der Waals surface area contributed by atoms with E-state index in [1.165, 1.54) is 0 Å². The molecule has 2 aliphatic rings. The van der Waals surface area contributed by atoms with E-state index in [9.17, 15) is 9.90 Å². The van der Waals surface area contributed by atoms with Crippen molar-refractivity contribution in [3.05, 3.63) is 41.5 Å². The number of carbonyl (C=O) groups is 1. The molecule has 2 aliphatic carbocycles. The molecule has 2 saturated carbocycles. The zero-order valence-electron chi connectivity index (χ0n) is 17.8. The third-order valence-corrected chi connectivity index (χ3v) is 8.01. The van der Waals surface area contributed by atoms with Crippen LogP contribution in [0.3, 0.4) is 0 Å². The van der Waals surface area contributed by atoms with Gasteiger partial charge in [0.2, 0.25) is 0 Å². The molecule has 3 rings (SSSR count). The van der Waals surface area contributed by atoms with E-state index in [1.807, 2.05) is 36.4 Å². The fourth-order valence-electron chi connectivity index (χ4n) is 6.12. The minimum atomic E-state index is -1.06. The van der Waals surface area contributed by atoms with Crippen LogP contribution in [0.15, 0.2) is 35.9 Å². The Kier molecular flexibility index (Phi) is 5.18. The number of hydrogen-bond acceptors (Lipinski definition) is 2. The molecule has 0 heterocycles. The van der Waals surface area contributed by atoms with Crippen LogP contribution in [0.4, 0.5) is 0 Å². The van der Waals surface area contributed by atoms with Gasteiger partial charge in [0.15, 0.2) is 5.78 Å². The maximum absolute atomic E-state index is 13.5. The summed E-state index contributed by atoms with van der Waals surface area (Å²) in [6.07, 6.45) is 9.22. The highest BCUT2D eigenvalue weighted by Gasteiger charge is 2.80. The van der Waals surface area contributed by atoms with Crippen LogP contribution in [-0.4, -0.2) is 16.5 Å². The van der Waals surface area contributed by atoms with Crippen molar-refractivity contribution in [3.63, 3.8) is 0 Å². The van der Waals surface area contributed by atoms with Crippen LogP contribution in [0.5, 0.6) is 0 Å². The minimum Gasteiger partial charge on any atom is -0.384 e. The second kappa shape index (κ2) is 6.88.